The van der Waals surface area contributed by atoms with Gasteiger partial charge in [0.15, 0.2) is 5.82 Å². The molecule has 1 atom stereocenters. The molecule has 2 heterocycles. The van der Waals surface area contributed by atoms with E-state index in [0.29, 0.717) is 36.3 Å². The Kier molecular flexibility index (Phi) is 6.25. The average Bonchev–Trinajstić information content (AvgIpc) is 3.22. The molecule has 1 aliphatic rings. The highest BCUT2D eigenvalue weighted by Crippen LogP contribution is 2.37. The van der Waals surface area contributed by atoms with Crippen molar-refractivity contribution in [2.75, 3.05) is 18.5 Å². The molecule has 1 unspecified atom stereocenters. The van der Waals surface area contributed by atoms with Gasteiger partial charge in [0.05, 0.1) is 18.8 Å². The lowest BCUT2D eigenvalue weighted by molar-refractivity contribution is -0.139. The van der Waals surface area contributed by atoms with Crippen molar-refractivity contribution in [3.05, 3.63) is 70.9 Å². The Morgan fingerprint density at radius 2 is 1.75 bits per heavy atom. The Morgan fingerprint density at radius 3 is 2.38 bits per heavy atom. The van der Waals surface area contributed by atoms with Gasteiger partial charge in [-0.1, -0.05) is 31.2 Å². The van der Waals surface area contributed by atoms with Crippen molar-refractivity contribution >= 4 is 11.9 Å². The number of allylic oxidation sites excluding steroid dienone is 1. The van der Waals surface area contributed by atoms with Crippen LogP contribution in [0.3, 0.4) is 0 Å². The van der Waals surface area contributed by atoms with Gasteiger partial charge in [0.25, 0.3) is 0 Å². The zero-order valence-electron chi connectivity index (χ0n) is 18.9. The monoisotopic (exact) mass is 432 g/mol. The van der Waals surface area contributed by atoms with Gasteiger partial charge in [-0.2, -0.15) is 4.98 Å². The topological polar surface area (TPSA) is 78.3 Å². The molecule has 0 radical (unpaired) electrons. The minimum absolute atomic E-state index is 0.304. The van der Waals surface area contributed by atoms with Crippen LogP contribution in [0.1, 0.15) is 44.9 Å². The van der Waals surface area contributed by atoms with Crippen molar-refractivity contribution < 1.29 is 14.3 Å². The Balaban J connectivity index is 1.78. The van der Waals surface area contributed by atoms with Crippen molar-refractivity contribution in [2.24, 2.45) is 0 Å². The number of rotatable bonds is 7. The van der Waals surface area contributed by atoms with Gasteiger partial charge in [0.1, 0.15) is 11.8 Å². The Hall–Kier alpha value is -3.61. The van der Waals surface area contributed by atoms with Gasteiger partial charge in [0.2, 0.25) is 5.95 Å². The minimum atomic E-state index is -0.430. The number of anilines is 1. The molecule has 0 saturated heterocycles. The van der Waals surface area contributed by atoms with Crippen LogP contribution >= 0.6 is 0 Å². The second kappa shape index (κ2) is 9.26. The minimum Gasteiger partial charge on any atom is -0.494 e. The quantitative estimate of drug-likeness (QED) is 0.543. The van der Waals surface area contributed by atoms with Gasteiger partial charge in [-0.05, 0) is 62.6 Å². The third-order valence-corrected chi connectivity index (χ3v) is 5.48. The largest absolute Gasteiger partial charge is 0.494 e. The van der Waals surface area contributed by atoms with E-state index in [4.69, 9.17) is 19.6 Å². The van der Waals surface area contributed by atoms with Crippen LogP contribution in [0.15, 0.2) is 59.8 Å². The first-order valence-electron chi connectivity index (χ1n) is 11.0. The lowest BCUT2D eigenvalue weighted by Crippen LogP contribution is -2.29. The summed E-state index contributed by atoms with van der Waals surface area (Å²) in [5, 5.41) is 8.02. The number of nitrogens with one attached hydrogen (secondary N) is 1. The first kappa shape index (κ1) is 21.6. The van der Waals surface area contributed by atoms with E-state index in [1.54, 1.807) is 11.6 Å². The van der Waals surface area contributed by atoms with Crippen LogP contribution in [-0.4, -0.2) is 33.9 Å². The van der Waals surface area contributed by atoms with E-state index in [1.165, 1.54) is 5.56 Å². The third-order valence-electron chi connectivity index (χ3n) is 5.48. The first-order chi connectivity index (χ1) is 15.5. The zero-order chi connectivity index (χ0) is 22.7. The van der Waals surface area contributed by atoms with Gasteiger partial charge in [-0.15, -0.1) is 5.10 Å². The summed E-state index contributed by atoms with van der Waals surface area (Å²) in [5.74, 6) is 1.60. The number of carbonyl (C=O) groups excluding carboxylic acids is 1. The molecular weight excluding hydrogens is 404 g/mol. The molecule has 1 N–H and O–H groups in total. The lowest BCUT2D eigenvalue weighted by atomic mass is 9.95. The number of ether oxygens (including phenoxy) is 2. The summed E-state index contributed by atoms with van der Waals surface area (Å²) in [6.45, 7) is 8.66. The number of benzene rings is 2. The van der Waals surface area contributed by atoms with Crippen LogP contribution in [0.25, 0.3) is 11.4 Å². The summed E-state index contributed by atoms with van der Waals surface area (Å²) in [6, 6.07) is 15.5. The lowest BCUT2D eigenvalue weighted by Gasteiger charge is -2.28. The fourth-order valence-electron chi connectivity index (χ4n) is 3.86. The van der Waals surface area contributed by atoms with Gasteiger partial charge in [-0.25, -0.2) is 9.48 Å². The van der Waals surface area contributed by atoms with E-state index in [2.05, 4.69) is 24.4 Å². The molecular formula is C25H28N4O3. The molecule has 1 aliphatic heterocycles. The van der Waals surface area contributed by atoms with Crippen LogP contribution in [-0.2, 0) is 16.0 Å². The number of hydrogen-bond donors (Lipinski definition) is 1. The Morgan fingerprint density at radius 1 is 1.03 bits per heavy atom. The second-order valence-electron chi connectivity index (χ2n) is 7.54. The summed E-state index contributed by atoms with van der Waals surface area (Å²) in [4.78, 5) is 17.6. The van der Waals surface area contributed by atoms with E-state index < -0.39 is 6.04 Å². The van der Waals surface area contributed by atoms with Crippen molar-refractivity contribution in [1.29, 1.82) is 0 Å². The first-order valence-corrected chi connectivity index (χ1v) is 11.0. The number of fused-ring (bicyclic) bond motifs is 1. The molecule has 0 bridgehead atoms. The van der Waals surface area contributed by atoms with Crippen LogP contribution in [0.5, 0.6) is 5.75 Å². The predicted octanol–water partition coefficient (Wildman–Crippen LogP) is 4.76. The van der Waals surface area contributed by atoms with Crippen LogP contribution < -0.4 is 10.1 Å². The van der Waals surface area contributed by atoms with Crippen molar-refractivity contribution in [3.8, 4) is 17.1 Å². The van der Waals surface area contributed by atoms with E-state index >= 15 is 0 Å². The zero-order valence-corrected chi connectivity index (χ0v) is 18.9. The maximum Gasteiger partial charge on any atom is 0.338 e. The average molecular weight is 433 g/mol. The molecule has 166 valence electrons. The molecule has 0 saturated carbocycles. The van der Waals surface area contributed by atoms with Gasteiger partial charge in [-0.3, -0.25) is 0 Å². The third kappa shape index (κ3) is 4.10. The molecule has 32 heavy (non-hydrogen) atoms. The Labute approximate surface area is 188 Å². The summed E-state index contributed by atoms with van der Waals surface area (Å²) in [5.41, 5.74) is 4.30. The van der Waals surface area contributed by atoms with Crippen LogP contribution in [0.2, 0.25) is 0 Å². The van der Waals surface area contributed by atoms with Gasteiger partial charge in [0, 0.05) is 11.3 Å². The van der Waals surface area contributed by atoms with Crippen molar-refractivity contribution in [1.82, 2.24) is 14.8 Å². The molecule has 3 aromatic rings. The summed E-state index contributed by atoms with van der Waals surface area (Å²) < 4.78 is 12.7. The molecule has 0 aliphatic carbocycles. The SMILES string of the molecule is CCOC(=O)C1=C(C)Nc2nc(-c3ccc(OCC)cc3)nn2C1c1ccc(CC)cc1. The maximum absolute atomic E-state index is 12.9. The van der Waals surface area contributed by atoms with E-state index in [-0.39, 0.29) is 5.97 Å². The van der Waals surface area contributed by atoms with E-state index in [1.807, 2.05) is 50.2 Å². The van der Waals surface area contributed by atoms with Crippen molar-refractivity contribution in [3.63, 3.8) is 0 Å². The summed E-state index contributed by atoms with van der Waals surface area (Å²) in [6.07, 6.45) is 0.947. The fourth-order valence-corrected chi connectivity index (χ4v) is 3.86. The highest BCUT2D eigenvalue weighted by atomic mass is 16.5. The molecule has 7 nitrogen and oxygen atoms in total. The fraction of sp³-hybridized carbons (Fsp3) is 0.320. The predicted molar refractivity (Wildman–Crippen MR) is 124 cm³/mol. The molecule has 1 aromatic heterocycles. The second-order valence-corrected chi connectivity index (χ2v) is 7.54. The molecule has 4 rings (SSSR count). The maximum atomic E-state index is 12.9. The van der Waals surface area contributed by atoms with Crippen LogP contribution in [0.4, 0.5) is 5.95 Å². The standard InChI is InChI=1S/C25H28N4O3/c1-5-17-8-10-18(11-9-17)22-21(24(30)32-7-3)16(4)26-25-27-23(28-29(22)25)19-12-14-20(15-13-19)31-6-2/h8-15,22H,5-7H2,1-4H3,(H,26,27,28). The molecule has 0 spiro atoms. The smallest absolute Gasteiger partial charge is 0.338 e. The highest BCUT2D eigenvalue weighted by molar-refractivity contribution is 5.92. The Bertz CT molecular complexity index is 1130. The number of nitrogens with zero attached hydrogens (tertiary/aromatic N) is 3. The van der Waals surface area contributed by atoms with Gasteiger partial charge < -0.3 is 14.8 Å². The number of hydrogen-bond acceptors (Lipinski definition) is 6. The molecule has 2 aromatic carbocycles. The van der Waals surface area contributed by atoms with Crippen LogP contribution in [0, 0.1) is 0 Å². The number of esters is 1. The van der Waals surface area contributed by atoms with E-state index in [0.717, 1.165) is 23.3 Å². The number of aromatic nitrogens is 3. The number of carbonyl (C=O) groups is 1. The normalized spacial score (nSPS) is 15.2. The van der Waals surface area contributed by atoms with Gasteiger partial charge >= 0.3 is 5.97 Å². The summed E-state index contributed by atoms with van der Waals surface area (Å²) >= 11 is 0. The van der Waals surface area contributed by atoms with Crippen molar-refractivity contribution in [2.45, 2.75) is 40.2 Å². The summed E-state index contributed by atoms with van der Waals surface area (Å²) in [7, 11) is 0. The highest BCUT2D eigenvalue weighted by Gasteiger charge is 2.35. The molecule has 7 heteroatoms. The molecule has 0 fully saturated rings. The van der Waals surface area contributed by atoms with E-state index in [9.17, 15) is 4.79 Å². The molecule has 0 amide bonds. The number of aryl methyl sites for hydroxylation is 1.